The first-order valence-electron chi connectivity index (χ1n) is 11.5. The summed E-state index contributed by atoms with van der Waals surface area (Å²) in [5, 5.41) is 16.7. The first kappa shape index (κ1) is 28.1. The number of nitrogens with one attached hydrogen (secondary N) is 2. The Bertz CT molecular complexity index is 1230. The van der Waals surface area contributed by atoms with Crippen molar-refractivity contribution < 1.29 is 33.0 Å². The third-order valence-corrected chi connectivity index (χ3v) is 6.78. The predicted octanol–water partition coefficient (Wildman–Crippen LogP) is 3.81. The smallest absolute Gasteiger partial charge is 0.307 e. The monoisotopic (exact) mass is 530 g/mol. The van der Waals surface area contributed by atoms with Crippen LogP contribution in [-0.4, -0.2) is 49.1 Å². The number of thiophene rings is 1. The Kier molecular flexibility index (Phi) is 10.0. The van der Waals surface area contributed by atoms with Gasteiger partial charge in [0.2, 0.25) is 5.91 Å². The highest BCUT2D eigenvalue weighted by atomic mass is 32.1. The van der Waals surface area contributed by atoms with E-state index in [1.807, 2.05) is 30.3 Å². The molecule has 3 rings (SSSR count). The summed E-state index contributed by atoms with van der Waals surface area (Å²) in [4.78, 5) is 36.4. The number of hydrogen-bond acceptors (Lipinski definition) is 7. The van der Waals surface area contributed by atoms with Gasteiger partial charge in [-0.3, -0.25) is 14.4 Å². The molecule has 3 N–H and O–H groups in total. The fourth-order valence-corrected chi connectivity index (χ4v) is 4.79. The van der Waals surface area contributed by atoms with E-state index in [1.54, 1.807) is 6.07 Å². The summed E-state index contributed by atoms with van der Waals surface area (Å²) in [6.07, 6.45) is -0.404. The normalized spacial score (nSPS) is 13.4. The highest BCUT2D eigenvalue weighted by Gasteiger charge is 2.24. The summed E-state index contributed by atoms with van der Waals surface area (Å²) < 4.78 is 32.1. The summed E-state index contributed by atoms with van der Waals surface area (Å²) in [7, 11) is 1.28. The molecule has 3 atom stereocenters. The van der Waals surface area contributed by atoms with Gasteiger partial charge < -0.3 is 20.5 Å². The minimum absolute atomic E-state index is 0.00823. The van der Waals surface area contributed by atoms with Crippen molar-refractivity contribution in [3.63, 3.8) is 0 Å². The highest BCUT2D eigenvalue weighted by molar-refractivity contribution is 7.17. The number of carbonyl (C=O) groups is 3. The molecule has 0 saturated heterocycles. The number of halogens is 2. The number of aliphatic hydroxyl groups excluding tert-OH is 1. The van der Waals surface area contributed by atoms with Crippen LogP contribution in [-0.2, 0) is 20.7 Å². The van der Waals surface area contributed by atoms with Crippen LogP contribution in [0.1, 0.15) is 40.2 Å². The molecule has 3 aromatic rings. The molecular formula is C27H28F2N2O5S. The van der Waals surface area contributed by atoms with Gasteiger partial charge in [-0.2, -0.15) is 0 Å². The molecule has 0 aliphatic heterocycles. The molecule has 0 bridgehead atoms. The maximum absolute atomic E-state index is 13.7. The maximum Gasteiger partial charge on any atom is 0.307 e. The molecule has 7 nitrogen and oxygen atoms in total. The van der Waals surface area contributed by atoms with E-state index < -0.39 is 41.7 Å². The van der Waals surface area contributed by atoms with Crippen LogP contribution in [0.2, 0.25) is 0 Å². The van der Waals surface area contributed by atoms with Crippen LogP contribution in [0.5, 0.6) is 0 Å². The van der Waals surface area contributed by atoms with Gasteiger partial charge in [0.15, 0.2) is 6.29 Å². The average Bonchev–Trinajstić information content (AvgIpc) is 3.34. The van der Waals surface area contributed by atoms with Gasteiger partial charge in [-0.25, -0.2) is 8.78 Å². The average molecular weight is 531 g/mol. The molecule has 0 aliphatic carbocycles. The Morgan fingerprint density at radius 3 is 2.46 bits per heavy atom. The fourth-order valence-electron chi connectivity index (χ4n) is 3.97. The number of aliphatic hydroxyl groups is 1. The highest BCUT2D eigenvalue weighted by Crippen LogP contribution is 2.30. The van der Waals surface area contributed by atoms with Crippen molar-refractivity contribution in [2.45, 2.75) is 38.0 Å². The first-order chi connectivity index (χ1) is 17.7. The zero-order chi connectivity index (χ0) is 26.9. The van der Waals surface area contributed by atoms with Gasteiger partial charge in [-0.1, -0.05) is 18.2 Å². The molecule has 1 unspecified atom stereocenters. The largest absolute Gasteiger partial charge is 0.469 e. The molecule has 0 fully saturated rings. The van der Waals surface area contributed by atoms with Gasteiger partial charge in [0.05, 0.1) is 30.6 Å². The second-order valence-electron chi connectivity index (χ2n) is 8.54. The quantitative estimate of drug-likeness (QED) is 0.243. The minimum Gasteiger partial charge on any atom is -0.469 e. The van der Waals surface area contributed by atoms with Gasteiger partial charge in [0.1, 0.15) is 11.6 Å². The number of ether oxygens (including phenoxy) is 1. The van der Waals surface area contributed by atoms with Gasteiger partial charge in [-0.05, 0) is 53.4 Å². The number of hydrogen-bond donors (Lipinski definition) is 3. The zero-order valence-corrected chi connectivity index (χ0v) is 21.2. The number of rotatable bonds is 12. The van der Waals surface area contributed by atoms with Gasteiger partial charge in [0.25, 0.3) is 0 Å². The number of benzene rings is 2. The van der Waals surface area contributed by atoms with Crippen molar-refractivity contribution in [1.82, 2.24) is 10.6 Å². The Morgan fingerprint density at radius 1 is 1.11 bits per heavy atom. The number of carbonyl (C=O) groups excluding carboxylic acids is 3. The Morgan fingerprint density at radius 2 is 1.84 bits per heavy atom. The molecular weight excluding hydrogens is 502 g/mol. The van der Waals surface area contributed by atoms with Gasteiger partial charge >= 0.3 is 5.97 Å². The first-order valence-corrected chi connectivity index (χ1v) is 12.4. The molecule has 0 saturated carbocycles. The fraction of sp³-hybridized carbons (Fsp3) is 0.296. The summed E-state index contributed by atoms with van der Waals surface area (Å²) in [6, 6.07) is 12.6. The minimum atomic E-state index is -1.15. The van der Waals surface area contributed by atoms with Crippen LogP contribution in [0.25, 0.3) is 10.4 Å². The van der Waals surface area contributed by atoms with Crippen molar-refractivity contribution in [1.29, 1.82) is 0 Å². The third-order valence-electron chi connectivity index (χ3n) is 5.72. The lowest BCUT2D eigenvalue weighted by Gasteiger charge is -2.27. The SMILES string of the molecule is COC(=O)CC(NC[C@@H](O)[C@H](Cc1cc(F)cc(F)c1)NC(C)=O)c1cccc(-c2ccc(C=O)s2)c1. The number of aldehydes is 1. The Balaban J connectivity index is 1.79. The second-order valence-corrected chi connectivity index (χ2v) is 9.66. The van der Waals surface area contributed by atoms with E-state index in [2.05, 4.69) is 10.6 Å². The third kappa shape index (κ3) is 8.28. The number of esters is 1. The summed E-state index contributed by atoms with van der Waals surface area (Å²) >= 11 is 1.34. The number of amides is 1. The number of methoxy groups -OCH3 is 1. The van der Waals surface area contributed by atoms with Crippen molar-refractivity contribution in [3.05, 3.63) is 82.2 Å². The lowest BCUT2D eigenvalue weighted by atomic mass is 9.98. The van der Waals surface area contributed by atoms with Crippen molar-refractivity contribution in [2.75, 3.05) is 13.7 Å². The zero-order valence-electron chi connectivity index (χ0n) is 20.4. The standard InChI is InChI=1S/C27H28F2N2O5S/c1-16(33)31-24(10-17-8-20(28)12-21(29)9-17)25(34)14-30-23(13-27(35)36-2)18-4-3-5-19(11-18)26-7-6-22(15-32)37-26/h3-9,11-12,15,23-25,30,34H,10,13-14H2,1-2H3,(H,31,33)/t23?,24-,25+/m0/s1. The molecule has 0 radical (unpaired) electrons. The van der Waals surface area contributed by atoms with E-state index in [0.29, 0.717) is 4.88 Å². The molecule has 1 aromatic heterocycles. The van der Waals surface area contributed by atoms with Crippen LogP contribution < -0.4 is 10.6 Å². The summed E-state index contributed by atoms with van der Waals surface area (Å²) in [5.74, 6) is -2.39. The van der Waals surface area contributed by atoms with E-state index in [4.69, 9.17) is 4.74 Å². The van der Waals surface area contributed by atoms with Crippen LogP contribution >= 0.6 is 11.3 Å². The lowest BCUT2D eigenvalue weighted by Crippen LogP contribution is -2.48. The topological polar surface area (TPSA) is 105 Å². The van der Waals surface area contributed by atoms with Crippen molar-refractivity contribution in [2.24, 2.45) is 0 Å². The van der Waals surface area contributed by atoms with Crippen LogP contribution in [0.4, 0.5) is 8.78 Å². The molecule has 1 heterocycles. The predicted molar refractivity (Wildman–Crippen MR) is 136 cm³/mol. The summed E-state index contributed by atoms with van der Waals surface area (Å²) in [6.45, 7) is 1.24. The Labute approximate surface area is 217 Å². The lowest BCUT2D eigenvalue weighted by molar-refractivity contribution is -0.141. The van der Waals surface area contributed by atoms with E-state index in [-0.39, 0.29) is 24.9 Å². The molecule has 2 aromatic carbocycles. The van der Waals surface area contributed by atoms with Gasteiger partial charge in [0, 0.05) is 30.5 Å². The molecule has 0 spiro atoms. The molecule has 196 valence electrons. The molecule has 0 aliphatic rings. The van der Waals surface area contributed by atoms with E-state index in [9.17, 15) is 28.3 Å². The molecule has 37 heavy (non-hydrogen) atoms. The van der Waals surface area contributed by atoms with E-state index in [1.165, 1.54) is 25.4 Å². The second kappa shape index (κ2) is 13.2. The van der Waals surface area contributed by atoms with Crippen molar-refractivity contribution >= 4 is 29.5 Å². The van der Waals surface area contributed by atoms with Crippen LogP contribution in [0.3, 0.4) is 0 Å². The van der Waals surface area contributed by atoms with Gasteiger partial charge in [-0.15, -0.1) is 11.3 Å². The van der Waals surface area contributed by atoms with Crippen LogP contribution in [0.15, 0.2) is 54.6 Å². The molecule has 10 heteroatoms. The maximum atomic E-state index is 13.7. The summed E-state index contributed by atoms with van der Waals surface area (Å²) in [5.41, 5.74) is 1.89. The van der Waals surface area contributed by atoms with Crippen molar-refractivity contribution in [3.8, 4) is 10.4 Å². The van der Waals surface area contributed by atoms with E-state index in [0.717, 1.165) is 40.5 Å². The van der Waals surface area contributed by atoms with E-state index >= 15 is 0 Å². The Hall–Kier alpha value is -3.47. The molecule has 1 amide bonds. The van der Waals surface area contributed by atoms with Crippen LogP contribution in [0, 0.1) is 11.6 Å².